The van der Waals surface area contributed by atoms with Gasteiger partial charge in [-0.3, -0.25) is 0 Å². The smallest absolute Gasteiger partial charge is 0.0574 e. The molecule has 5 heteroatoms. The minimum absolute atomic E-state index is 0.461. The van der Waals surface area contributed by atoms with Gasteiger partial charge in [-0.15, -0.1) is 10.3 Å². The molecule has 0 saturated carbocycles. The summed E-state index contributed by atoms with van der Waals surface area (Å²) in [5.41, 5.74) is 0. The highest BCUT2D eigenvalue weighted by Gasteiger charge is 1.76. The third-order valence-electron chi connectivity index (χ3n) is 0.635. The molecule has 0 aromatic heterocycles. The maximum atomic E-state index is 7.87. The van der Waals surface area contributed by atoms with Crippen LogP contribution >= 0.6 is 0 Å². The van der Waals surface area contributed by atoms with Crippen molar-refractivity contribution in [2.45, 2.75) is 0 Å². The molecule has 0 radical (unpaired) electrons. The van der Waals surface area contributed by atoms with Gasteiger partial charge in [-0.1, -0.05) is 0 Å². The lowest BCUT2D eigenvalue weighted by Crippen LogP contribution is -2.18. The third kappa shape index (κ3) is 6.90. The van der Waals surface area contributed by atoms with Crippen molar-refractivity contribution in [2.75, 3.05) is 13.1 Å². The van der Waals surface area contributed by atoms with Crippen LogP contribution in [0.2, 0.25) is 0 Å². The van der Waals surface area contributed by atoms with Crippen molar-refractivity contribution in [3.8, 4) is 0 Å². The largest absolute Gasteiger partial charge is 0.411 e. The van der Waals surface area contributed by atoms with E-state index in [1.165, 1.54) is 12.4 Å². The molecule has 0 spiro atoms. The molecule has 0 aromatic rings. The van der Waals surface area contributed by atoms with E-state index in [4.69, 9.17) is 10.4 Å². The first kappa shape index (κ1) is 7.90. The summed E-state index contributed by atoms with van der Waals surface area (Å²) < 4.78 is 0. The highest BCUT2D eigenvalue weighted by molar-refractivity contribution is 5.62. The average Bonchev–Trinajstić information content (AvgIpc) is 1.89. The molecule has 52 valence electrons. The second-order valence-electron chi connectivity index (χ2n) is 1.25. The predicted octanol–water partition coefficient (Wildman–Crippen LogP) is -0.504. The summed E-state index contributed by atoms with van der Waals surface area (Å²) in [5.74, 6) is 0. The maximum absolute atomic E-state index is 7.87. The fourth-order valence-electron chi connectivity index (χ4n) is 0.294. The molecule has 0 heterocycles. The van der Waals surface area contributed by atoms with Crippen molar-refractivity contribution < 1.29 is 10.4 Å². The Morgan fingerprint density at radius 3 is 1.89 bits per heavy atom. The Balaban J connectivity index is 2.91. The summed E-state index contributed by atoms with van der Waals surface area (Å²) >= 11 is 0. The van der Waals surface area contributed by atoms with Gasteiger partial charge in [0.2, 0.25) is 0 Å². The topological polar surface area (TPSA) is 77.2 Å². The molecule has 0 aromatic carbocycles. The lowest BCUT2D eigenvalue weighted by atomic mass is 10.6. The maximum Gasteiger partial charge on any atom is 0.0574 e. The SMILES string of the molecule is ON=CCNCC=NO. The molecule has 0 aliphatic heterocycles. The van der Waals surface area contributed by atoms with E-state index in [9.17, 15) is 0 Å². The standard InChI is InChI=1S/C4H9N3O2/c8-6-3-1-5-2-4-7-9/h3-5,8-9H,1-2H2. The van der Waals surface area contributed by atoms with Gasteiger partial charge in [0.05, 0.1) is 12.4 Å². The van der Waals surface area contributed by atoms with Gasteiger partial charge in [0, 0.05) is 13.1 Å². The van der Waals surface area contributed by atoms with E-state index in [0.29, 0.717) is 13.1 Å². The van der Waals surface area contributed by atoms with Crippen molar-refractivity contribution in [3.63, 3.8) is 0 Å². The van der Waals surface area contributed by atoms with Crippen LogP contribution in [0.3, 0.4) is 0 Å². The summed E-state index contributed by atoms with van der Waals surface area (Å²) in [6.07, 6.45) is 2.59. The minimum atomic E-state index is 0.461. The molecule has 9 heavy (non-hydrogen) atoms. The average molecular weight is 131 g/mol. The van der Waals surface area contributed by atoms with Crippen LogP contribution in [-0.4, -0.2) is 35.9 Å². The summed E-state index contributed by atoms with van der Waals surface area (Å²) in [4.78, 5) is 0. The lowest BCUT2D eigenvalue weighted by molar-refractivity contribution is 0.320. The van der Waals surface area contributed by atoms with Crippen LogP contribution in [-0.2, 0) is 0 Å². The molecular weight excluding hydrogens is 122 g/mol. The van der Waals surface area contributed by atoms with Gasteiger partial charge in [0.1, 0.15) is 0 Å². The summed E-state index contributed by atoms with van der Waals surface area (Å²) in [5, 5.41) is 24.0. The van der Waals surface area contributed by atoms with Crippen LogP contribution in [0.25, 0.3) is 0 Å². The molecule has 0 rings (SSSR count). The number of hydrogen-bond donors (Lipinski definition) is 3. The zero-order valence-corrected chi connectivity index (χ0v) is 4.86. The molecule has 0 amide bonds. The molecule has 3 N–H and O–H groups in total. The zero-order valence-electron chi connectivity index (χ0n) is 4.86. The second-order valence-corrected chi connectivity index (χ2v) is 1.25. The predicted molar refractivity (Wildman–Crippen MR) is 33.4 cm³/mol. The summed E-state index contributed by atoms with van der Waals surface area (Å²) in [6.45, 7) is 0.922. The Morgan fingerprint density at radius 2 is 1.56 bits per heavy atom. The van der Waals surface area contributed by atoms with Crippen LogP contribution < -0.4 is 5.32 Å². The molecule has 0 bridgehead atoms. The van der Waals surface area contributed by atoms with Gasteiger partial charge in [-0.25, -0.2) is 0 Å². The van der Waals surface area contributed by atoms with Crippen LogP contribution in [0.15, 0.2) is 10.3 Å². The zero-order chi connectivity index (χ0) is 6.95. The summed E-state index contributed by atoms with van der Waals surface area (Å²) in [6, 6.07) is 0. The van der Waals surface area contributed by atoms with Gasteiger partial charge in [0.25, 0.3) is 0 Å². The van der Waals surface area contributed by atoms with Crippen molar-refractivity contribution in [2.24, 2.45) is 10.3 Å². The number of nitrogens with one attached hydrogen (secondary N) is 1. The monoisotopic (exact) mass is 131 g/mol. The van der Waals surface area contributed by atoms with Crippen LogP contribution in [0, 0.1) is 0 Å². The molecule has 0 atom stereocenters. The van der Waals surface area contributed by atoms with Crippen molar-refractivity contribution in [1.82, 2.24) is 5.32 Å². The first-order valence-corrected chi connectivity index (χ1v) is 2.44. The molecule has 0 fully saturated rings. The first-order valence-electron chi connectivity index (χ1n) is 2.44. The third-order valence-corrected chi connectivity index (χ3v) is 0.635. The van der Waals surface area contributed by atoms with E-state index in [0.717, 1.165) is 0 Å². The Labute approximate surface area is 52.7 Å². The number of hydrogen-bond acceptors (Lipinski definition) is 5. The minimum Gasteiger partial charge on any atom is -0.411 e. The Kier molecular flexibility index (Phi) is 6.06. The quantitative estimate of drug-likeness (QED) is 0.208. The Morgan fingerprint density at radius 1 is 1.11 bits per heavy atom. The molecular formula is C4H9N3O2. The van der Waals surface area contributed by atoms with Gasteiger partial charge in [-0.05, 0) is 0 Å². The van der Waals surface area contributed by atoms with Gasteiger partial charge in [-0.2, -0.15) is 0 Å². The van der Waals surface area contributed by atoms with Gasteiger partial charge < -0.3 is 15.7 Å². The van der Waals surface area contributed by atoms with Crippen molar-refractivity contribution in [1.29, 1.82) is 0 Å². The molecule has 5 nitrogen and oxygen atoms in total. The van der Waals surface area contributed by atoms with Gasteiger partial charge in [0.15, 0.2) is 0 Å². The number of oxime groups is 2. The fourth-order valence-corrected chi connectivity index (χ4v) is 0.294. The molecule has 0 saturated heterocycles. The van der Waals surface area contributed by atoms with Crippen LogP contribution in [0.4, 0.5) is 0 Å². The van der Waals surface area contributed by atoms with E-state index in [1.807, 2.05) is 0 Å². The van der Waals surface area contributed by atoms with Crippen LogP contribution in [0.1, 0.15) is 0 Å². The van der Waals surface area contributed by atoms with Crippen LogP contribution in [0.5, 0.6) is 0 Å². The Bertz CT molecular complexity index is 90.0. The van der Waals surface area contributed by atoms with Crippen molar-refractivity contribution >= 4 is 12.4 Å². The van der Waals surface area contributed by atoms with E-state index in [1.54, 1.807) is 0 Å². The normalized spacial score (nSPS) is 11.6. The van der Waals surface area contributed by atoms with Gasteiger partial charge >= 0.3 is 0 Å². The fraction of sp³-hybridized carbons (Fsp3) is 0.500. The van der Waals surface area contributed by atoms with Crippen molar-refractivity contribution in [3.05, 3.63) is 0 Å². The second kappa shape index (κ2) is 6.90. The van der Waals surface area contributed by atoms with E-state index < -0.39 is 0 Å². The molecule has 0 aliphatic carbocycles. The highest BCUT2D eigenvalue weighted by atomic mass is 16.4. The van der Waals surface area contributed by atoms with E-state index in [-0.39, 0.29) is 0 Å². The van der Waals surface area contributed by atoms with E-state index >= 15 is 0 Å². The summed E-state index contributed by atoms with van der Waals surface area (Å²) in [7, 11) is 0. The highest BCUT2D eigenvalue weighted by Crippen LogP contribution is 1.54. The number of rotatable bonds is 4. The number of nitrogens with zero attached hydrogens (tertiary/aromatic N) is 2. The van der Waals surface area contributed by atoms with E-state index in [2.05, 4.69) is 15.6 Å². The Hall–Kier alpha value is -1.10. The molecule has 0 unspecified atom stereocenters. The molecule has 0 aliphatic rings. The first-order chi connectivity index (χ1) is 4.41. The lowest BCUT2D eigenvalue weighted by Gasteiger charge is -1.89.